The molecule has 0 saturated carbocycles. The molecule has 0 aromatic heterocycles. The van der Waals surface area contributed by atoms with Gasteiger partial charge in [-0.25, -0.2) is 4.79 Å². The van der Waals surface area contributed by atoms with Crippen molar-refractivity contribution in [1.82, 2.24) is 4.81 Å². The molecule has 5 heteroatoms. The lowest BCUT2D eigenvalue weighted by atomic mass is 9.97. The summed E-state index contributed by atoms with van der Waals surface area (Å²) in [6.45, 7) is 1.53. The van der Waals surface area contributed by atoms with E-state index in [-0.39, 0.29) is 12.1 Å². The lowest BCUT2D eigenvalue weighted by molar-refractivity contribution is -0.147. The first-order valence-corrected chi connectivity index (χ1v) is 5.21. The molecule has 0 saturated heterocycles. The Labute approximate surface area is 95.4 Å². The molecule has 4 nitrogen and oxygen atoms in total. The fraction of sp³-hybridized carbons (Fsp3) is 0.455. The lowest BCUT2D eigenvalue weighted by Crippen LogP contribution is -2.41. The zero-order chi connectivity index (χ0) is 11.7. The number of nitrogens with zero attached hydrogens (tertiary/aromatic N) is 1. The van der Waals surface area contributed by atoms with Crippen molar-refractivity contribution in [2.24, 2.45) is 0 Å². The quantitative estimate of drug-likeness (QED) is 0.292. The van der Waals surface area contributed by atoms with Crippen LogP contribution in [0.25, 0.3) is 0 Å². The third-order valence-corrected chi connectivity index (χ3v) is 2.84. The summed E-state index contributed by atoms with van der Waals surface area (Å²) in [6.07, 6.45) is 6.26. The van der Waals surface area contributed by atoms with Crippen molar-refractivity contribution in [2.75, 3.05) is 0 Å². The molecule has 0 spiro atoms. The van der Waals surface area contributed by atoms with Crippen LogP contribution < -0.4 is 0 Å². The molecule has 2 unspecified atom stereocenters. The van der Waals surface area contributed by atoms with Gasteiger partial charge in [0.15, 0.2) is 20.4 Å². The summed E-state index contributed by atoms with van der Waals surface area (Å²) in [5.41, 5.74) is 0.515. The Bertz CT molecular complexity index is 377. The topological polar surface area (TPSA) is 46.6 Å². The molecule has 82 valence electrons. The number of esters is 1. The standard InChI is InChI=1S/C11H12BNO3/c1-7(6-14)16-11(15)9-4-2-8-3-5-10(9)13(8)12/h3-8,10H,2H2,1H3/t7-,8?,10?/m0/s1. The van der Waals surface area contributed by atoms with E-state index in [1.165, 1.54) is 6.92 Å². The Morgan fingerprint density at radius 3 is 3.12 bits per heavy atom. The summed E-state index contributed by atoms with van der Waals surface area (Å²) in [4.78, 5) is 23.8. The first kappa shape index (κ1) is 11.1. The number of rotatable bonds is 3. The van der Waals surface area contributed by atoms with Crippen LogP contribution >= 0.6 is 0 Å². The van der Waals surface area contributed by atoms with Crippen molar-refractivity contribution in [1.29, 1.82) is 0 Å². The Hall–Kier alpha value is -1.36. The Morgan fingerprint density at radius 1 is 1.69 bits per heavy atom. The molecule has 0 aromatic rings. The van der Waals surface area contributed by atoms with Gasteiger partial charge in [0.05, 0.1) is 5.57 Å². The fourth-order valence-corrected chi connectivity index (χ4v) is 1.94. The zero-order valence-electron chi connectivity index (χ0n) is 9.00. The lowest BCUT2D eigenvalue weighted by Gasteiger charge is -2.31. The van der Waals surface area contributed by atoms with Gasteiger partial charge < -0.3 is 9.55 Å². The van der Waals surface area contributed by atoms with Gasteiger partial charge >= 0.3 is 5.97 Å². The van der Waals surface area contributed by atoms with Crippen LogP contribution in [-0.4, -0.2) is 43.2 Å². The van der Waals surface area contributed by atoms with Crippen molar-refractivity contribution in [3.05, 3.63) is 23.8 Å². The molecule has 0 fully saturated rings. The van der Waals surface area contributed by atoms with E-state index in [0.717, 1.165) is 0 Å². The highest BCUT2D eigenvalue weighted by atomic mass is 16.5. The highest BCUT2D eigenvalue weighted by molar-refractivity contribution is 6.07. The van der Waals surface area contributed by atoms with Gasteiger partial charge in [0.1, 0.15) is 0 Å². The predicted molar refractivity (Wildman–Crippen MR) is 58.6 cm³/mol. The van der Waals surface area contributed by atoms with Crippen LogP contribution in [0, 0.1) is 0 Å². The molecule has 3 atom stereocenters. The minimum Gasteiger partial charge on any atom is -0.452 e. The van der Waals surface area contributed by atoms with E-state index in [9.17, 15) is 9.59 Å². The molecule has 0 aliphatic carbocycles. The van der Waals surface area contributed by atoms with Crippen molar-refractivity contribution in [3.8, 4) is 0 Å². The summed E-state index contributed by atoms with van der Waals surface area (Å²) < 4.78 is 4.95. The second-order valence-electron chi connectivity index (χ2n) is 3.99. The van der Waals surface area contributed by atoms with E-state index in [0.29, 0.717) is 18.3 Å². The largest absolute Gasteiger partial charge is 0.452 e. The molecule has 2 bridgehead atoms. The number of ether oxygens (including phenoxy) is 1. The maximum absolute atomic E-state index is 11.7. The van der Waals surface area contributed by atoms with Gasteiger partial charge in [-0.05, 0) is 13.3 Å². The van der Waals surface area contributed by atoms with Crippen LogP contribution in [0.3, 0.4) is 0 Å². The van der Waals surface area contributed by atoms with E-state index in [2.05, 4.69) is 0 Å². The number of carbonyl (C=O) groups is 2. The number of hydrogen-bond acceptors (Lipinski definition) is 4. The van der Waals surface area contributed by atoms with Crippen molar-refractivity contribution in [2.45, 2.75) is 31.5 Å². The predicted octanol–water partition coefficient (Wildman–Crippen LogP) is 0.140. The molecular formula is C11H12BNO3. The first-order chi connectivity index (χ1) is 7.63. The van der Waals surface area contributed by atoms with Crippen LogP contribution in [-0.2, 0) is 14.3 Å². The molecular weight excluding hydrogens is 205 g/mol. The number of carbonyl (C=O) groups excluding carboxylic acids is 2. The van der Waals surface area contributed by atoms with Gasteiger partial charge in [0.25, 0.3) is 0 Å². The van der Waals surface area contributed by atoms with Gasteiger partial charge in [-0.2, -0.15) is 0 Å². The highest BCUT2D eigenvalue weighted by Gasteiger charge is 2.34. The number of fused-ring (bicyclic) bond motifs is 2. The summed E-state index contributed by atoms with van der Waals surface area (Å²) >= 11 is 0. The molecule has 2 radical (unpaired) electrons. The Morgan fingerprint density at radius 2 is 2.44 bits per heavy atom. The van der Waals surface area contributed by atoms with Crippen LogP contribution in [0.1, 0.15) is 13.3 Å². The minimum atomic E-state index is -0.720. The molecule has 2 aliphatic rings. The van der Waals surface area contributed by atoms with Crippen LogP contribution in [0.4, 0.5) is 0 Å². The van der Waals surface area contributed by atoms with Crippen LogP contribution in [0.5, 0.6) is 0 Å². The molecule has 2 aliphatic heterocycles. The monoisotopic (exact) mass is 217 g/mol. The van der Waals surface area contributed by atoms with Gasteiger partial charge in [-0.3, -0.25) is 4.79 Å². The second-order valence-corrected chi connectivity index (χ2v) is 3.99. The van der Waals surface area contributed by atoms with E-state index in [1.807, 2.05) is 18.2 Å². The number of aldehydes is 1. The maximum atomic E-state index is 11.7. The second kappa shape index (κ2) is 4.25. The van der Waals surface area contributed by atoms with Gasteiger partial charge in [0.2, 0.25) is 0 Å². The third kappa shape index (κ3) is 1.83. The van der Waals surface area contributed by atoms with Crippen molar-refractivity contribution < 1.29 is 14.3 Å². The summed E-state index contributed by atoms with van der Waals surface area (Å²) in [7, 11) is 5.83. The SMILES string of the molecule is [B]N1C2C=CC1C(C(=O)O[C@@H](C)C=O)=CC2. The van der Waals surface area contributed by atoms with Gasteiger partial charge in [0, 0.05) is 12.1 Å². The Kier molecular flexibility index (Phi) is 2.96. The van der Waals surface area contributed by atoms with E-state index in [1.54, 1.807) is 4.81 Å². The molecule has 0 aromatic carbocycles. The van der Waals surface area contributed by atoms with E-state index in [4.69, 9.17) is 12.7 Å². The smallest absolute Gasteiger partial charge is 0.336 e. The van der Waals surface area contributed by atoms with Crippen LogP contribution in [0.2, 0.25) is 0 Å². The summed E-state index contributed by atoms with van der Waals surface area (Å²) in [5, 5.41) is 0. The fourth-order valence-electron chi connectivity index (χ4n) is 1.94. The molecule has 2 heterocycles. The van der Waals surface area contributed by atoms with Gasteiger partial charge in [-0.15, -0.1) is 0 Å². The summed E-state index contributed by atoms with van der Waals surface area (Å²) in [5.74, 6) is -0.468. The summed E-state index contributed by atoms with van der Waals surface area (Å²) in [6, 6.07) is -0.0462. The molecule has 2 rings (SSSR count). The number of hydrogen-bond donors (Lipinski definition) is 0. The van der Waals surface area contributed by atoms with Crippen LogP contribution in [0.15, 0.2) is 23.8 Å². The first-order valence-electron chi connectivity index (χ1n) is 5.21. The van der Waals surface area contributed by atoms with E-state index >= 15 is 0 Å². The van der Waals surface area contributed by atoms with Gasteiger partial charge in [-0.1, -0.05) is 18.2 Å². The Balaban J connectivity index is 2.10. The average molecular weight is 217 g/mol. The molecule has 16 heavy (non-hydrogen) atoms. The third-order valence-electron chi connectivity index (χ3n) is 2.84. The van der Waals surface area contributed by atoms with E-state index < -0.39 is 12.1 Å². The maximum Gasteiger partial charge on any atom is 0.336 e. The van der Waals surface area contributed by atoms with Crippen molar-refractivity contribution >= 4 is 20.2 Å². The zero-order valence-corrected chi connectivity index (χ0v) is 9.00. The normalized spacial score (nSPS) is 29.7. The molecule has 0 N–H and O–H groups in total. The highest BCUT2D eigenvalue weighted by Crippen LogP contribution is 2.29. The molecule has 0 amide bonds. The average Bonchev–Trinajstić information content (AvgIpc) is 2.53. The minimum absolute atomic E-state index is 0.171. The van der Waals surface area contributed by atoms with Crippen molar-refractivity contribution in [3.63, 3.8) is 0 Å².